The van der Waals surface area contributed by atoms with E-state index in [1.807, 2.05) is 0 Å². The molecule has 4 nitrogen and oxygen atoms in total. The quantitative estimate of drug-likeness (QED) is 0.518. The molecule has 4 heteroatoms. The van der Waals surface area contributed by atoms with Crippen molar-refractivity contribution in [1.82, 2.24) is 4.90 Å². The maximum Gasteiger partial charge on any atom is 0.332 e. The number of allylic oxidation sites excluding steroid dienone is 1. The van der Waals surface area contributed by atoms with Crippen molar-refractivity contribution in [3.8, 4) is 0 Å². The van der Waals surface area contributed by atoms with Gasteiger partial charge in [0.25, 0.3) is 0 Å². The van der Waals surface area contributed by atoms with Gasteiger partial charge in [-0.3, -0.25) is 0 Å². The minimum atomic E-state index is -0.216. The van der Waals surface area contributed by atoms with Crippen LogP contribution in [0.25, 0.3) is 0 Å². The average molecular weight is 402 g/mol. The molecule has 5 rings (SSSR count). The molecule has 8 unspecified atom stereocenters. The summed E-state index contributed by atoms with van der Waals surface area (Å²) in [5.74, 6) is 3.33. The minimum absolute atomic E-state index is 0.0450. The van der Waals surface area contributed by atoms with Crippen molar-refractivity contribution >= 4 is 5.97 Å². The lowest BCUT2D eigenvalue weighted by atomic mass is 9.47. The van der Waals surface area contributed by atoms with Crippen LogP contribution in [-0.2, 0) is 14.3 Å². The topological polar surface area (TPSA) is 38.8 Å². The molecule has 0 aromatic heterocycles. The number of rotatable bonds is 3. The lowest BCUT2D eigenvalue weighted by molar-refractivity contribution is -0.155. The Morgan fingerprint density at radius 1 is 1.17 bits per heavy atom. The zero-order valence-electron chi connectivity index (χ0n) is 18.8. The van der Waals surface area contributed by atoms with E-state index in [0.29, 0.717) is 10.8 Å². The highest BCUT2D eigenvalue weighted by molar-refractivity contribution is 5.70. The van der Waals surface area contributed by atoms with Gasteiger partial charge in [0.1, 0.15) is 12.7 Å². The van der Waals surface area contributed by atoms with Crippen molar-refractivity contribution in [2.75, 3.05) is 27.3 Å². The highest BCUT2D eigenvalue weighted by Gasteiger charge is 2.64. The number of nitrogens with zero attached hydrogens (tertiary/aromatic N) is 1. The van der Waals surface area contributed by atoms with Crippen LogP contribution >= 0.6 is 0 Å². The Kier molecular flexibility index (Phi) is 4.90. The Morgan fingerprint density at radius 2 is 1.97 bits per heavy atom. The zero-order valence-corrected chi connectivity index (χ0v) is 18.8. The highest BCUT2D eigenvalue weighted by atomic mass is 16.6. The van der Waals surface area contributed by atoms with Crippen molar-refractivity contribution in [2.24, 2.45) is 34.5 Å². The van der Waals surface area contributed by atoms with Crippen molar-refractivity contribution in [3.63, 3.8) is 0 Å². The monoisotopic (exact) mass is 401 g/mol. The van der Waals surface area contributed by atoms with Crippen molar-refractivity contribution < 1.29 is 14.3 Å². The van der Waals surface area contributed by atoms with Gasteiger partial charge in [0.05, 0.1) is 0 Å². The zero-order chi connectivity index (χ0) is 20.4. The molecule has 0 amide bonds. The fourth-order valence-corrected chi connectivity index (χ4v) is 8.87. The number of hydrogen-bond donors (Lipinski definition) is 0. The smallest absolute Gasteiger partial charge is 0.332 e. The van der Waals surface area contributed by atoms with E-state index in [0.717, 1.165) is 42.6 Å². The van der Waals surface area contributed by atoms with Crippen molar-refractivity contribution in [2.45, 2.75) is 77.4 Å². The molecule has 3 saturated carbocycles. The first-order valence-electron chi connectivity index (χ1n) is 12.0. The van der Waals surface area contributed by atoms with Crippen molar-refractivity contribution in [1.29, 1.82) is 0 Å². The summed E-state index contributed by atoms with van der Waals surface area (Å²) in [6.45, 7) is 6.41. The molecule has 1 aliphatic heterocycles. The number of fused-ring (bicyclic) bond motifs is 4. The minimum Gasteiger partial charge on any atom is -0.460 e. The van der Waals surface area contributed by atoms with Crippen LogP contribution in [0, 0.1) is 34.5 Å². The largest absolute Gasteiger partial charge is 0.460 e. The molecule has 0 radical (unpaired) electrons. The van der Waals surface area contributed by atoms with Crippen LogP contribution in [0.15, 0.2) is 11.6 Å². The first-order chi connectivity index (χ1) is 13.9. The molecular weight excluding hydrogens is 362 g/mol. The number of hydrogen-bond acceptors (Lipinski definition) is 4. The fraction of sp³-hybridized carbons (Fsp3) is 0.880. The molecule has 0 N–H and O–H groups in total. The van der Waals surface area contributed by atoms with Crippen LogP contribution in [0.5, 0.6) is 0 Å². The predicted octanol–water partition coefficient (Wildman–Crippen LogP) is 4.44. The number of esters is 1. The van der Waals surface area contributed by atoms with Gasteiger partial charge in [-0.2, -0.15) is 0 Å². The third-order valence-electron chi connectivity index (χ3n) is 10.2. The molecule has 1 spiro atoms. The van der Waals surface area contributed by atoms with Gasteiger partial charge >= 0.3 is 5.97 Å². The third kappa shape index (κ3) is 2.88. The van der Waals surface area contributed by atoms with Crippen molar-refractivity contribution in [3.05, 3.63) is 11.6 Å². The van der Waals surface area contributed by atoms with Crippen LogP contribution in [0.1, 0.15) is 65.2 Å². The van der Waals surface area contributed by atoms with Crippen LogP contribution in [0.2, 0.25) is 0 Å². The molecule has 0 aromatic rings. The SMILES string of the molecule is COCC(=O)OC1CCC2(C)C(=CCC3C2CCC24CN(C)C(C)C2CCC34)C1. The van der Waals surface area contributed by atoms with E-state index in [-0.39, 0.29) is 18.7 Å². The summed E-state index contributed by atoms with van der Waals surface area (Å²) in [5, 5.41) is 0. The summed E-state index contributed by atoms with van der Waals surface area (Å²) in [6.07, 6.45) is 12.7. The van der Waals surface area contributed by atoms with Crippen LogP contribution < -0.4 is 0 Å². The molecule has 1 saturated heterocycles. The average Bonchev–Trinajstić information content (AvgIpc) is 3.16. The summed E-state index contributed by atoms with van der Waals surface area (Å²) in [6, 6.07) is 0.763. The van der Waals surface area contributed by atoms with Gasteiger partial charge < -0.3 is 14.4 Å². The highest BCUT2D eigenvalue weighted by Crippen LogP contribution is 2.68. The summed E-state index contributed by atoms with van der Waals surface area (Å²) in [4.78, 5) is 14.5. The third-order valence-corrected chi connectivity index (χ3v) is 10.2. The Hall–Kier alpha value is -0.870. The number of ether oxygens (including phenoxy) is 2. The van der Waals surface area contributed by atoms with Gasteiger partial charge in [-0.15, -0.1) is 0 Å². The fourth-order valence-electron chi connectivity index (χ4n) is 8.87. The number of methoxy groups -OCH3 is 1. The van der Waals surface area contributed by atoms with Crippen LogP contribution in [-0.4, -0.2) is 50.3 Å². The van der Waals surface area contributed by atoms with E-state index in [1.54, 1.807) is 12.7 Å². The van der Waals surface area contributed by atoms with E-state index in [1.165, 1.54) is 45.1 Å². The number of carbonyl (C=O) groups excluding carboxylic acids is 1. The summed E-state index contributed by atoms with van der Waals surface area (Å²) in [7, 11) is 3.91. The molecule has 0 bridgehead atoms. The molecule has 0 aromatic carbocycles. The Morgan fingerprint density at radius 3 is 2.76 bits per heavy atom. The maximum atomic E-state index is 11.9. The lowest BCUT2D eigenvalue weighted by Gasteiger charge is -2.58. The van der Waals surface area contributed by atoms with Gasteiger partial charge in [-0.1, -0.05) is 18.6 Å². The van der Waals surface area contributed by atoms with Gasteiger partial charge in [0.2, 0.25) is 0 Å². The molecule has 8 atom stereocenters. The first kappa shape index (κ1) is 20.1. The summed E-state index contributed by atoms with van der Waals surface area (Å²) in [5.41, 5.74) is 2.51. The van der Waals surface area contributed by atoms with Gasteiger partial charge in [-0.25, -0.2) is 4.79 Å². The van der Waals surface area contributed by atoms with Gasteiger partial charge in [-0.05, 0) is 93.4 Å². The van der Waals surface area contributed by atoms with E-state index in [2.05, 4.69) is 31.9 Å². The van der Waals surface area contributed by atoms with Gasteiger partial charge in [0, 0.05) is 26.1 Å². The second kappa shape index (κ2) is 7.09. The standard InChI is InChI=1S/C25H39NO3/c1-16-20-7-8-22-19-6-5-17-13-18(29-23(27)14-28-4)9-11-24(17,2)21(19)10-12-25(20,22)15-26(16)3/h5,16,18-22H,6-15H2,1-4H3. The second-order valence-electron chi connectivity index (χ2n) is 11.2. The predicted molar refractivity (Wildman–Crippen MR) is 113 cm³/mol. The second-order valence-corrected chi connectivity index (χ2v) is 11.2. The normalized spacial score (nSPS) is 48.9. The Balaban J connectivity index is 1.35. The summed E-state index contributed by atoms with van der Waals surface area (Å²) < 4.78 is 10.6. The summed E-state index contributed by atoms with van der Waals surface area (Å²) >= 11 is 0. The molecular formula is C25H39NO3. The van der Waals surface area contributed by atoms with E-state index in [9.17, 15) is 4.79 Å². The molecule has 162 valence electrons. The number of carbonyl (C=O) groups is 1. The lowest BCUT2D eigenvalue weighted by Crippen LogP contribution is -2.51. The first-order valence-corrected chi connectivity index (χ1v) is 12.0. The molecule has 29 heavy (non-hydrogen) atoms. The molecule has 4 fully saturated rings. The van der Waals surface area contributed by atoms with E-state index in [4.69, 9.17) is 9.47 Å². The maximum absolute atomic E-state index is 11.9. The van der Waals surface area contributed by atoms with Crippen LogP contribution in [0.3, 0.4) is 0 Å². The molecule has 4 aliphatic carbocycles. The Bertz CT molecular complexity index is 704. The van der Waals surface area contributed by atoms with E-state index < -0.39 is 0 Å². The Labute approximate surface area is 176 Å². The molecule has 5 aliphatic rings. The van der Waals surface area contributed by atoms with Gasteiger partial charge in [0.15, 0.2) is 0 Å². The molecule has 1 heterocycles. The van der Waals surface area contributed by atoms with Crippen LogP contribution in [0.4, 0.5) is 0 Å². The van der Waals surface area contributed by atoms with E-state index >= 15 is 0 Å². The number of likely N-dealkylation sites (tertiary alicyclic amines) is 1.